The first-order valence-electron chi connectivity index (χ1n) is 6.68. The van der Waals surface area contributed by atoms with Crippen LogP contribution in [0.1, 0.15) is 23.7 Å². The van der Waals surface area contributed by atoms with Crippen LogP contribution in [0.2, 0.25) is 0 Å². The molecule has 0 aromatic heterocycles. The summed E-state index contributed by atoms with van der Waals surface area (Å²) in [6.45, 7) is 1.05. The molecular weight excluding hydrogens is 278 g/mol. The van der Waals surface area contributed by atoms with E-state index in [2.05, 4.69) is 0 Å². The van der Waals surface area contributed by atoms with Crippen molar-refractivity contribution in [2.24, 2.45) is 0 Å². The second-order valence-corrected chi connectivity index (χ2v) is 4.79. The Hall–Kier alpha value is -2.14. The molecule has 0 radical (unpaired) electrons. The quantitative estimate of drug-likeness (QED) is 0.923. The van der Waals surface area contributed by atoms with Crippen molar-refractivity contribution in [3.63, 3.8) is 0 Å². The molecule has 0 aliphatic carbocycles. The highest BCUT2D eigenvalue weighted by molar-refractivity contribution is 5.46. The number of fused-ring (bicyclic) bond motifs is 1. The zero-order valence-corrected chi connectivity index (χ0v) is 11.2. The van der Waals surface area contributed by atoms with Gasteiger partial charge in [-0.05, 0) is 29.8 Å². The number of hydrogen-bond donors (Lipinski definition) is 1. The SMILES string of the molecule is OC(c1ccc2c(c1)OCCCO2)c1c(F)cccc1F. The van der Waals surface area contributed by atoms with Gasteiger partial charge in [0.15, 0.2) is 11.5 Å². The van der Waals surface area contributed by atoms with Gasteiger partial charge >= 0.3 is 0 Å². The maximum absolute atomic E-state index is 13.7. The summed E-state index contributed by atoms with van der Waals surface area (Å²) in [5, 5.41) is 10.2. The molecule has 1 heterocycles. The number of benzene rings is 2. The normalized spacial score (nSPS) is 15.4. The topological polar surface area (TPSA) is 38.7 Å². The Morgan fingerprint density at radius 1 is 0.952 bits per heavy atom. The Morgan fingerprint density at radius 3 is 2.33 bits per heavy atom. The second kappa shape index (κ2) is 5.69. The van der Waals surface area contributed by atoms with Gasteiger partial charge in [-0.25, -0.2) is 8.78 Å². The molecule has 0 fully saturated rings. The van der Waals surface area contributed by atoms with Crippen molar-refractivity contribution in [2.45, 2.75) is 12.5 Å². The van der Waals surface area contributed by atoms with Crippen molar-refractivity contribution in [1.29, 1.82) is 0 Å². The first-order valence-corrected chi connectivity index (χ1v) is 6.68. The zero-order valence-electron chi connectivity index (χ0n) is 11.2. The lowest BCUT2D eigenvalue weighted by molar-refractivity contribution is 0.208. The molecule has 0 saturated carbocycles. The third kappa shape index (κ3) is 2.69. The van der Waals surface area contributed by atoms with Gasteiger partial charge in [-0.1, -0.05) is 12.1 Å². The Bertz CT molecular complexity index is 638. The third-order valence-corrected chi connectivity index (χ3v) is 3.36. The van der Waals surface area contributed by atoms with Crippen LogP contribution in [0.4, 0.5) is 8.78 Å². The minimum absolute atomic E-state index is 0.350. The smallest absolute Gasteiger partial charge is 0.161 e. The molecule has 1 unspecified atom stereocenters. The van der Waals surface area contributed by atoms with Crippen LogP contribution in [0.5, 0.6) is 11.5 Å². The first-order chi connectivity index (χ1) is 10.2. The van der Waals surface area contributed by atoms with Crippen LogP contribution in [-0.2, 0) is 0 Å². The standard InChI is InChI=1S/C16H14F2O3/c17-11-3-1-4-12(18)15(11)16(19)10-5-6-13-14(9-10)21-8-2-7-20-13/h1,3-6,9,16,19H,2,7-8H2. The van der Waals surface area contributed by atoms with Gasteiger partial charge in [0, 0.05) is 6.42 Å². The van der Waals surface area contributed by atoms with Gasteiger partial charge in [-0.3, -0.25) is 0 Å². The van der Waals surface area contributed by atoms with Crippen LogP contribution in [0.25, 0.3) is 0 Å². The van der Waals surface area contributed by atoms with E-state index in [0.29, 0.717) is 30.3 Å². The van der Waals surface area contributed by atoms with E-state index in [-0.39, 0.29) is 5.56 Å². The number of hydrogen-bond acceptors (Lipinski definition) is 3. The fourth-order valence-electron chi connectivity index (χ4n) is 2.29. The molecule has 1 N–H and O–H groups in total. The average Bonchev–Trinajstić information content (AvgIpc) is 2.71. The molecule has 0 spiro atoms. The summed E-state index contributed by atoms with van der Waals surface area (Å²) in [6, 6.07) is 8.25. The second-order valence-electron chi connectivity index (χ2n) is 4.79. The van der Waals surface area contributed by atoms with E-state index in [0.717, 1.165) is 18.6 Å². The summed E-state index contributed by atoms with van der Waals surface area (Å²) in [5.41, 5.74) is -0.0183. The molecule has 3 nitrogen and oxygen atoms in total. The Labute approximate surface area is 120 Å². The van der Waals surface area contributed by atoms with E-state index in [4.69, 9.17) is 9.47 Å². The molecule has 0 amide bonds. The number of aliphatic hydroxyl groups is 1. The van der Waals surface area contributed by atoms with Gasteiger partial charge in [0.2, 0.25) is 0 Å². The Kier molecular flexibility index (Phi) is 3.75. The molecule has 0 bridgehead atoms. The molecule has 2 aromatic carbocycles. The van der Waals surface area contributed by atoms with Crippen molar-refractivity contribution in [3.8, 4) is 11.5 Å². The summed E-state index contributed by atoms with van der Waals surface area (Å²) in [6.07, 6.45) is -0.641. The number of rotatable bonds is 2. The van der Waals surface area contributed by atoms with Gasteiger partial charge < -0.3 is 14.6 Å². The van der Waals surface area contributed by atoms with Gasteiger partial charge in [-0.2, -0.15) is 0 Å². The summed E-state index contributed by atoms with van der Waals surface area (Å²) in [5.74, 6) is -0.525. The monoisotopic (exact) mass is 292 g/mol. The highest BCUT2D eigenvalue weighted by Gasteiger charge is 2.21. The Balaban J connectivity index is 1.98. The van der Waals surface area contributed by atoms with Crippen LogP contribution in [0.15, 0.2) is 36.4 Å². The highest BCUT2D eigenvalue weighted by atomic mass is 19.1. The van der Waals surface area contributed by atoms with Crippen molar-refractivity contribution >= 4 is 0 Å². The van der Waals surface area contributed by atoms with Crippen LogP contribution in [0.3, 0.4) is 0 Å². The molecule has 0 saturated heterocycles. The van der Waals surface area contributed by atoms with Gasteiger partial charge in [0.25, 0.3) is 0 Å². The fraction of sp³-hybridized carbons (Fsp3) is 0.250. The molecule has 1 aliphatic rings. The van der Waals surface area contributed by atoms with E-state index >= 15 is 0 Å². The van der Waals surface area contributed by atoms with Gasteiger partial charge in [-0.15, -0.1) is 0 Å². The summed E-state index contributed by atoms with van der Waals surface area (Å²) >= 11 is 0. The van der Waals surface area contributed by atoms with Crippen LogP contribution in [0, 0.1) is 11.6 Å². The molecule has 1 atom stereocenters. The number of ether oxygens (including phenoxy) is 2. The van der Waals surface area contributed by atoms with Crippen LogP contribution in [-0.4, -0.2) is 18.3 Å². The number of halogens is 2. The van der Waals surface area contributed by atoms with Crippen molar-refractivity contribution in [2.75, 3.05) is 13.2 Å². The predicted molar refractivity (Wildman–Crippen MR) is 72.5 cm³/mol. The average molecular weight is 292 g/mol. The lowest BCUT2D eigenvalue weighted by Crippen LogP contribution is -2.06. The molecule has 21 heavy (non-hydrogen) atoms. The van der Waals surface area contributed by atoms with E-state index in [1.807, 2.05) is 0 Å². The van der Waals surface area contributed by atoms with Crippen molar-refractivity contribution in [3.05, 3.63) is 59.2 Å². The van der Waals surface area contributed by atoms with Gasteiger partial charge in [0.1, 0.15) is 17.7 Å². The zero-order chi connectivity index (χ0) is 14.8. The minimum atomic E-state index is -1.40. The minimum Gasteiger partial charge on any atom is -0.490 e. The van der Waals surface area contributed by atoms with Crippen LogP contribution < -0.4 is 9.47 Å². The molecule has 3 rings (SSSR count). The van der Waals surface area contributed by atoms with Crippen molar-refractivity contribution in [1.82, 2.24) is 0 Å². The van der Waals surface area contributed by atoms with E-state index in [1.165, 1.54) is 6.07 Å². The molecule has 5 heteroatoms. The lowest BCUT2D eigenvalue weighted by Gasteiger charge is -2.15. The van der Waals surface area contributed by atoms with Crippen molar-refractivity contribution < 1.29 is 23.4 Å². The van der Waals surface area contributed by atoms with Crippen LogP contribution >= 0.6 is 0 Å². The fourth-order valence-corrected chi connectivity index (χ4v) is 2.29. The lowest BCUT2D eigenvalue weighted by atomic mass is 10.00. The summed E-state index contributed by atoms with van der Waals surface area (Å²) in [4.78, 5) is 0. The summed E-state index contributed by atoms with van der Waals surface area (Å²) < 4.78 is 38.5. The molecular formula is C16H14F2O3. The summed E-state index contributed by atoms with van der Waals surface area (Å²) in [7, 11) is 0. The Morgan fingerprint density at radius 2 is 1.62 bits per heavy atom. The van der Waals surface area contributed by atoms with Gasteiger partial charge in [0.05, 0.1) is 18.8 Å². The maximum Gasteiger partial charge on any atom is 0.161 e. The van der Waals surface area contributed by atoms with E-state index in [1.54, 1.807) is 18.2 Å². The predicted octanol–water partition coefficient (Wildman–Crippen LogP) is 3.21. The van der Waals surface area contributed by atoms with E-state index in [9.17, 15) is 13.9 Å². The third-order valence-electron chi connectivity index (χ3n) is 3.36. The largest absolute Gasteiger partial charge is 0.490 e. The maximum atomic E-state index is 13.7. The molecule has 1 aliphatic heterocycles. The molecule has 2 aromatic rings. The number of aliphatic hydroxyl groups excluding tert-OH is 1. The molecule has 110 valence electrons. The highest BCUT2D eigenvalue weighted by Crippen LogP contribution is 2.35. The first kappa shape index (κ1) is 13.8. The van der Waals surface area contributed by atoms with E-state index < -0.39 is 17.7 Å².